The zero-order valence-electron chi connectivity index (χ0n) is 16.0. The molecule has 1 aliphatic rings. The number of hydrogen-bond acceptors (Lipinski definition) is 6. The van der Waals surface area contributed by atoms with E-state index in [2.05, 4.69) is 34.7 Å². The summed E-state index contributed by atoms with van der Waals surface area (Å²) in [6.45, 7) is 5.24. The third-order valence-corrected chi connectivity index (χ3v) is 4.92. The summed E-state index contributed by atoms with van der Waals surface area (Å²) in [4.78, 5) is 14.3. The number of carbonyl (C=O) groups is 1. The number of carbonyl (C=O) groups excluding carboxylic acids is 1. The second-order valence-corrected chi connectivity index (χ2v) is 7.22. The fourth-order valence-electron chi connectivity index (χ4n) is 3.25. The van der Waals surface area contributed by atoms with Gasteiger partial charge < -0.3 is 20.6 Å². The number of rotatable bonds is 5. The molecule has 146 valence electrons. The molecule has 0 radical (unpaired) electrons. The molecule has 8 nitrogen and oxygen atoms in total. The molecule has 2 atom stereocenters. The lowest BCUT2D eigenvalue weighted by Crippen LogP contribution is -2.43. The van der Waals surface area contributed by atoms with E-state index in [9.17, 15) is 9.90 Å². The molecule has 1 aromatic heterocycles. The van der Waals surface area contributed by atoms with Gasteiger partial charge in [-0.1, -0.05) is 26.0 Å². The average molecular weight is 380 g/mol. The highest BCUT2D eigenvalue weighted by atomic mass is 16.3. The molecule has 2 aromatic rings. The Balaban J connectivity index is 1.60. The first kappa shape index (κ1) is 19.6. The van der Waals surface area contributed by atoms with Crippen molar-refractivity contribution in [2.24, 2.45) is 5.92 Å². The van der Waals surface area contributed by atoms with Gasteiger partial charge in [0.05, 0.1) is 6.04 Å². The first-order valence-electron chi connectivity index (χ1n) is 9.27. The van der Waals surface area contributed by atoms with Crippen LogP contribution in [0.1, 0.15) is 31.0 Å². The van der Waals surface area contributed by atoms with Crippen LogP contribution in [0.5, 0.6) is 0 Å². The summed E-state index contributed by atoms with van der Waals surface area (Å²) in [5.41, 5.74) is 2.18. The number of aliphatic hydroxyl groups excluding tert-OH is 1. The number of nitrogens with zero attached hydrogens (tertiary/aromatic N) is 4. The normalized spacial score (nSPS) is 18.8. The maximum absolute atomic E-state index is 12.4. The number of anilines is 2. The summed E-state index contributed by atoms with van der Waals surface area (Å²) >= 11 is 0. The van der Waals surface area contributed by atoms with Crippen LogP contribution in [-0.2, 0) is 0 Å². The Morgan fingerprint density at radius 3 is 2.57 bits per heavy atom. The van der Waals surface area contributed by atoms with Crippen LogP contribution in [-0.4, -0.2) is 47.1 Å². The van der Waals surface area contributed by atoms with Crippen LogP contribution >= 0.6 is 0 Å². The number of amides is 2. The molecule has 1 fully saturated rings. The average Bonchev–Trinajstić information content (AvgIpc) is 3.11. The van der Waals surface area contributed by atoms with Crippen LogP contribution in [0.25, 0.3) is 0 Å². The molecule has 3 rings (SSSR count). The molecule has 8 heteroatoms. The lowest BCUT2D eigenvalue weighted by atomic mass is 10.0. The van der Waals surface area contributed by atoms with Gasteiger partial charge in [0, 0.05) is 31.3 Å². The van der Waals surface area contributed by atoms with Crippen LogP contribution in [0.4, 0.5) is 16.3 Å². The van der Waals surface area contributed by atoms with E-state index in [1.807, 2.05) is 35.2 Å². The number of hydrogen-bond donors (Lipinski definition) is 3. The fraction of sp³-hybridized carbons (Fsp3) is 0.400. The maximum Gasteiger partial charge on any atom is 0.319 e. The van der Waals surface area contributed by atoms with Crippen LogP contribution in [0.3, 0.4) is 0 Å². The summed E-state index contributed by atoms with van der Waals surface area (Å²) in [6, 6.07) is 12.5. The predicted molar refractivity (Wildman–Crippen MR) is 106 cm³/mol. The molecule has 1 aromatic carbocycles. The monoisotopic (exact) mass is 380 g/mol. The topological polar surface area (TPSA) is 114 Å². The van der Waals surface area contributed by atoms with E-state index in [1.165, 1.54) is 5.56 Å². The molecule has 2 heterocycles. The molecule has 0 unspecified atom stereocenters. The van der Waals surface area contributed by atoms with Crippen LogP contribution in [0.15, 0.2) is 36.4 Å². The molecule has 3 N–H and O–H groups in total. The Kier molecular flexibility index (Phi) is 6.06. The van der Waals surface area contributed by atoms with Gasteiger partial charge in [0.25, 0.3) is 0 Å². The summed E-state index contributed by atoms with van der Waals surface area (Å²) in [7, 11) is 0. The number of urea groups is 1. The summed E-state index contributed by atoms with van der Waals surface area (Å²) in [5.74, 6) is 0.931. The smallest absolute Gasteiger partial charge is 0.319 e. The van der Waals surface area contributed by atoms with E-state index in [1.54, 1.807) is 12.1 Å². The van der Waals surface area contributed by atoms with E-state index >= 15 is 0 Å². The Morgan fingerprint density at radius 2 is 2.00 bits per heavy atom. The molecule has 0 aliphatic carbocycles. The molecule has 1 saturated heterocycles. The molecule has 0 spiro atoms. The highest BCUT2D eigenvalue weighted by Gasteiger charge is 2.34. The van der Waals surface area contributed by atoms with Crippen LogP contribution in [0.2, 0.25) is 0 Å². The molecule has 0 bridgehead atoms. The van der Waals surface area contributed by atoms with Crippen molar-refractivity contribution in [3.05, 3.63) is 47.7 Å². The van der Waals surface area contributed by atoms with Crippen molar-refractivity contribution >= 4 is 17.5 Å². The van der Waals surface area contributed by atoms with Crippen LogP contribution < -0.4 is 15.5 Å². The first-order chi connectivity index (χ1) is 13.5. The van der Waals surface area contributed by atoms with Gasteiger partial charge in [-0.3, -0.25) is 0 Å². The Hall–Kier alpha value is -3.18. The summed E-state index contributed by atoms with van der Waals surface area (Å²) in [5, 5.41) is 32.2. The lowest BCUT2D eigenvalue weighted by Gasteiger charge is -2.18. The van der Waals surface area contributed by atoms with Gasteiger partial charge >= 0.3 is 6.03 Å². The van der Waals surface area contributed by atoms with E-state index in [0.29, 0.717) is 24.8 Å². The van der Waals surface area contributed by atoms with Gasteiger partial charge in [0.2, 0.25) is 0 Å². The van der Waals surface area contributed by atoms with Crippen molar-refractivity contribution in [1.82, 2.24) is 15.5 Å². The number of benzene rings is 1. The van der Waals surface area contributed by atoms with Gasteiger partial charge in [-0.25, -0.2) is 4.79 Å². The molecular formula is C20H24N6O2. The van der Waals surface area contributed by atoms with Gasteiger partial charge in [-0.2, -0.15) is 5.26 Å². The summed E-state index contributed by atoms with van der Waals surface area (Å²) < 4.78 is 0. The number of nitriles is 1. The zero-order chi connectivity index (χ0) is 20.1. The van der Waals surface area contributed by atoms with E-state index < -0.39 is 0 Å². The lowest BCUT2D eigenvalue weighted by molar-refractivity contribution is 0.211. The number of aromatic nitrogens is 2. The largest absolute Gasteiger partial charge is 0.396 e. The Labute approximate surface area is 164 Å². The number of aliphatic hydroxyl groups is 1. The van der Waals surface area contributed by atoms with Crippen molar-refractivity contribution < 1.29 is 9.90 Å². The second-order valence-electron chi connectivity index (χ2n) is 7.22. The van der Waals surface area contributed by atoms with Gasteiger partial charge in [-0.15, -0.1) is 10.2 Å². The maximum atomic E-state index is 12.4. The Bertz CT molecular complexity index is 844. The van der Waals surface area contributed by atoms with Crippen molar-refractivity contribution in [3.63, 3.8) is 0 Å². The minimum atomic E-state index is -0.312. The highest BCUT2D eigenvalue weighted by molar-refractivity contribution is 5.89. The zero-order valence-corrected chi connectivity index (χ0v) is 16.0. The fourth-order valence-corrected chi connectivity index (χ4v) is 3.25. The highest BCUT2D eigenvalue weighted by Crippen LogP contribution is 2.22. The quantitative estimate of drug-likeness (QED) is 0.732. The number of nitrogens with one attached hydrogen (secondary N) is 2. The second kappa shape index (κ2) is 8.67. The molecule has 1 aliphatic heterocycles. The van der Waals surface area contributed by atoms with Crippen molar-refractivity contribution in [1.29, 1.82) is 5.26 Å². The first-order valence-corrected chi connectivity index (χ1v) is 9.27. The van der Waals surface area contributed by atoms with Gasteiger partial charge in [0.15, 0.2) is 11.5 Å². The molecular weight excluding hydrogens is 356 g/mol. The van der Waals surface area contributed by atoms with Crippen molar-refractivity contribution in [2.75, 3.05) is 29.9 Å². The third-order valence-electron chi connectivity index (χ3n) is 4.92. The summed E-state index contributed by atoms with van der Waals surface area (Å²) in [6.07, 6.45) is 0. The Morgan fingerprint density at radius 1 is 1.25 bits per heavy atom. The van der Waals surface area contributed by atoms with Crippen molar-refractivity contribution in [2.45, 2.75) is 25.8 Å². The minimum Gasteiger partial charge on any atom is -0.396 e. The minimum absolute atomic E-state index is 0.0474. The molecule has 28 heavy (non-hydrogen) atoms. The van der Waals surface area contributed by atoms with E-state index in [0.717, 1.165) is 5.69 Å². The van der Waals surface area contributed by atoms with Gasteiger partial charge in [-0.05, 0) is 35.7 Å². The SMILES string of the molecule is CC(C)c1ccc(NC(=O)N[C@H]2CN(c3ccc(C#N)nn3)C[C@H]2CO)cc1. The molecule has 2 amide bonds. The van der Waals surface area contributed by atoms with E-state index in [-0.39, 0.29) is 30.3 Å². The standard InChI is InChI=1S/C20H24N6O2/c1-13(2)14-3-5-16(6-4-14)22-20(28)23-18-11-26(10-15(18)12-27)19-8-7-17(9-21)24-25-19/h3-8,13,15,18,27H,10-12H2,1-2H3,(H2,22,23,28)/t15-,18-/m0/s1. The predicted octanol–water partition coefficient (Wildman–Crippen LogP) is 2.09. The van der Waals surface area contributed by atoms with Gasteiger partial charge in [0.1, 0.15) is 6.07 Å². The van der Waals surface area contributed by atoms with E-state index in [4.69, 9.17) is 5.26 Å². The third kappa shape index (κ3) is 4.56. The van der Waals surface area contributed by atoms with Crippen LogP contribution in [0, 0.1) is 17.2 Å². The molecule has 0 saturated carbocycles. The van der Waals surface area contributed by atoms with Crippen molar-refractivity contribution in [3.8, 4) is 6.07 Å².